The first-order chi connectivity index (χ1) is 14.7. The molecule has 0 amide bonds. The fourth-order valence-corrected chi connectivity index (χ4v) is 2.77. The third-order valence-corrected chi connectivity index (χ3v) is 4.30. The highest BCUT2D eigenvalue weighted by Crippen LogP contribution is 2.11. The Morgan fingerprint density at radius 1 is 0.833 bits per heavy atom. The average Bonchev–Trinajstić information content (AvgIpc) is 2.78. The zero-order chi connectivity index (χ0) is 20.8. The third-order valence-electron chi connectivity index (χ3n) is 4.30. The van der Waals surface area contributed by atoms with Gasteiger partial charge in [0.05, 0.1) is 11.9 Å². The smallest absolute Gasteiger partial charge is 0.272 e. The molecule has 0 saturated heterocycles. The van der Waals surface area contributed by atoms with Crippen molar-refractivity contribution in [1.29, 1.82) is 0 Å². The molecule has 1 aromatic carbocycles. The van der Waals surface area contributed by atoms with E-state index in [0.29, 0.717) is 18.1 Å². The van der Waals surface area contributed by atoms with Crippen LogP contribution < -0.4 is 26.6 Å². The molecule has 2 N–H and O–H groups in total. The second-order valence-electron chi connectivity index (χ2n) is 6.50. The maximum atomic E-state index is 12.4. The third kappa shape index (κ3) is 4.77. The number of nitrogens with zero attached hydrogens (tertiary/aromatic N) is 2. The minimum Gasteiger partial charge on any atom is -0.487 e. The lowest BCUT2D eigenvalue weighted by atomic mass is 10.2. The van der Waals surface area contributed by atoms with Crippen molar-refractivity contribution in [3.8, 4) is 5.75 Å². The van der Waals surface area contributed by atoms with E-state index in [1.807, 2.05) is 42.5 Å². The molecule has 7 heteroatoms. The summed E-state index contributed by atoms with van der Waals surface area (Å²) in [5.74, 6) is 0.596. The Morgan fingerprint density at radius 3 is 2.20 bits per heavy atom. The summed E-state index contributed by atoms with van der Waals surface area (Å²) in [4.78, 5) is 38.2. The molecule has 0 spiro atoms. The summed E-state index contributed by atoms with van der Waals surface area (Å²) in [6, 6.07) is 16.5. The van der Waals surface area contributed by atoms with Gasteiger partial charge in [0.25, 0.3) is 11.1 Å². The minimum atomic E-state index is -0.406. The molecule has 0 fully saturated rings. The summed E-state index contributed by atoms with van der Waals surface area (Å²) in [6.45, 7) is 0.402. The maximum absolute atomic E-state index is 12.4. The molecule has 0 aliphatic heterocycles. The van der Waals surface area contributed by atoms with E-state index in [2.05, 4.69) is 19.9 Å². The van der Waals surface area contributed by atoms with E-state index in [1.165, 1.54) is 6.08 Å². The van der Waals surface area contributed by atoms with E-state index in [0.717, 1.165) is 11.1 Å². The van der Waals surface area contributed by atoms with Gasteiger partial charge in [-0.3, -0.25) is 19.6 Å². The second-order valence-corrected chi connectivity index (χ2v) is 6.50. The predicted molar refractivity (Wildman–Crippen MR) is 113 cm³/mol. The lowest BCUT2D eigenvalue weighted by molar-refractivity contribution is 0.305. The van der Waals surface area contributed by atoms with Gasteiger partial charge in [-0.25, -0.2) is 0 Å². The zero-order valence-electron chi connectivity index (χ0n) is 15.9. The highest BCUT2D eigenvalue weighted by atomic mass is 16.5. The Labute approximate surface area is 171 Å². The number of aromatic nitrogens is 4. The van der Waals surface area contributed by atoms with Crippen LogP contribution in [-0.2, 0) is 6.61 Å². The van der Waals surface area contributed by atoms with Crippen molar-refractivity contribution in [1.82, 2.24) is 19.9 Å². The molecule has 3 aromatic heterocycles. The van der Waals surface area contributed by atoms with Crippen LogP contribution in [0.3, 0.4) is 0 Å². The summed E-state index contributed by atoms with van der Waals surface area (Å²) in [5, 5.41) is 0.319. The molecule has 0 aliphatic rings. The molecule has 4 aromatic rings. The highest BCUT2D eigenvalue weighted by Gasteiger charge is 2.00. The number of nitrogens with one attached hydrogen (secondary N) is 2. The van der Waals surface area contributed by atoms with Crippen molar-refractivity contribution < 1.29 is 4.74 Å². The van der Waals surface area contributed by atoms with Gasteiger partial charge in [0.15, 0.2) is 0 Å². The molecule has 0 aliphatic carbocycles. The van der Waals surface area contributed by atoms with Crippen molar-refractivity contribution in [3.05, 3.63) is 121 Å². The van der Waals surface area contributed by atoms with Crippen LogP contribution in [0.1, 0.15) is 16.8 Å². The molecule has 4 rings (SSSR count). The Kier molecular flexibility index (Phi) is 5.61. The second kappa shape index (κ2) is 8.83. The molecule has 7 nitrogen and oxygen atoms in total. The fraction of sp³-hybridized carbons (Fsp3) is 0.0435. The topological polar surface area (TPSA) is 101 Å². The molecular weight excluding hydrogens is 380 g/mol. The molecule has 3 heterocycles. The molecular formula is C23H18N4O3. The molecule has 0 bridgehead atoms. The molecule has 0 saturated carbocycles. The summed E-state index contributed by atoms with van der Waals surface area (Å²) in [6.07, 6.45) is 8.11. The number of ether oxygens (including phenoxy) is 1. The number of benzene rings is 1. The molecule has 148 valence electrons. The fourth-order valence-electron chi connectivity index (χ4n) is 2.77. The average molecular weight is 398 g/mol. The summed E-state index contributed by atoms with van der Waals surface area (Å²) < 4.78 is 5.68. The number of hydrogen-bond acceptors (Lipinski definition) is 5. The van der Waals surface area contributed by atoms with E-state index in [1.54, 1.807) is 36.8 Å². The van der Waals surface area contributed by atoms with Gasteiger partial charge in [-0.1, -0.05) is 30.3 Å². The van der Waals surface area contributed by atoms with Crippen molar-refractivity contribution in [2.24, 2.45) is 0 Å². The van der Waals surface area contributed by atoms with Gasteiger partial charge >= 0.3 is 0 Å². The van der Waals surface area contributed by atoms with Crippen LogP contribution in [0.4, 0.5) is 0 Å². The van der Waals surface area contributed by atoms with Gasteiger partial charge in [0.1, 0.15) is 23.1 Å². The predicted octanol–water partition coefficient (Wildman–Crippen LogP) is 1.09. The Balaban J connectivity index is 1.56. The largest absolute Gasteiger partial charge is 0.487 e. The van der Waals surface area contributed by atoms with Gasteiger partial charge < -0.3 is 14.7 Å². The first kappa shape index (κ1) is 19.1. The van der Waals surface area contributed by atoms with Crippen LogP contribution in [-0.4, -0.2) is 19.9 Å². The van der Waals surface area contributed by atoms with Crippen LogP contribution in [0.15, 0.2) is 82.8 Å². The Bertz CT molecular complexity index is 1360. The van der Waals surface area contributed by atoms with E-state index in [-0.39, 0.29) is 16.3 Å². The Hall–Kier alpha value is -4.26. The number of rotatable bonds is 5. The molecule has 0 unspecified atom stereocenters. The van der Waals surface area contributed by atoms with E-state index in [9.17, 15) is 9.59 Å². The first-order valence-electron chi connectivity index (χ1n) is 9.26. The van der Waals surface area contributed by atoms with E-state index < -0.39 is 5.56 Å². The highest BCUT2D eigenvalue weighted by molar-refractivity contribution is 5.48. The number of pyridine rings is 2. The first-order valence-corrected chi connectivity index (χ1v) is 9.26. The monoisotopic (exact) mass is 398 g/mol. The van der Waals surface area contributed by atoms with Gasteiger partial charge in [-0.2, -0.15) is 0 Å². The van der Waals surface area contributed by atoms with Crippen LogP contribution in [0.25, 0.3) is 12.2 Å². The van der Waals surface area contributed by atoms with Gasteiger partial charge in [-0.05, 0) is 47.5 Å². The van der Waals surface area contributed by atoms with Crippen LogP contribution in [0.5, 0.6) is 5.75 Å². The van der Waals surface area contributed by atoms with Gasteiger partial charge in [0.2, 0.25) is 0 Å². The summed E-state index contributed by atoms with van der Waals surface area (Å²) >= 11 is 0. The molecule has 0 radical (unpaired) electrons. The van der Waals surface area contributed by atoms with Gasteiger partial charge in [-0.15, -0.1) is 0 Å². The van der Waals surface area contributed by atoms with E-state index in [4.69, 9.17) is 4.74 Å². The summed E-state index contributed by atoms with van der Waals surface area (Å²) in [5.41, 5.74) is 1.54. The standard InChI is InChI=1S/C23H18N4O3/c28-22-20(12-16-4-2-1-3-5-16)26-23(29)21(27-22)13-18-6-7-19(14-25-18)30-15-17-8-10-24-11-9-17/h1-14H,15H2,(H,26,29)(H,27,28)/b20-12-,21-13-. The quantitative estimate of drug-likeness (QED) is 0.524. The molecule has 30 heavy (non-hydrogen) atoms. The van der Waals surface area contributed by atoms with Crippen molar-refractivity contribution in [3.63, 3.8) is 0 Å². The molecule has 0 atom stereocenters. The zero-order valence-corrected chi connectivity index (χ0v) is 15.9. The number of hydrogen-bond donors (Lipinski definition) is 2. The van der Waals surface area contributed by atoms with Crippen molar-refractivity contribution >= 4 is 12.2 Å². The normalized spacial score (nSPS) is 12.1. The number of H-pyrrole nitrogens is 2. The van der Waals surface area contributed by atoms with E-state index >= 15 is 0 Å². The SMILES string of the molecule is O=c1[nH]/c(=C\c2ccc(OCc3ccncc3)cn2)c(=O)[nH]/c1=C\c1ccccc1. The van der Waals surface area contributed by atoms with Gasteiger partial charge in [0, 0.05) is 12.4 Å². The van der Waals surface area contributed by atoms with Crippen LogP contribution in [0.2, 0.25) is 0 Å². The Morgan fingerprint density at radius 2 is 1.53 bits per heavy atom. The van der Waals surface area contributed by atoms with Crippen LogP contribution >= 0.6 is 0 Å². The lowest BCUT2D eigenvalue weighted by Gasteiger charge is -2.05. The summed E-state index contributed by atoms with van der Waals surface area (Å²) in [7, 11) is 0. The van der Waals surface area contributed by atoms with Crippen LogP contribution in [0, 0.1) is 0 Å². The van der Waals surface area contributed by atoms with Crippen molar-refractivity contribution in [2.45, 2.75) is 6.61 Å². The van der Waals surface area contributed by atoms with Crippen molar-refractivity contribution in [2.75, 3.05) is 0 Å². The minimum absolute atomic E-state index is 0.128. The maximum Gasteiger partial charge on any atom is 0.272 e. The lowest BCUT2D eigenvalue weighted by Crippen LogP contribution is -2.46. The number of aromatic amines is 2.